The Morgan fingerprint density at radius 1 is 0.781 bits per heavy atom. The highest BCUT2D eigenvalue weighted by atomic mass is 16.2. The third kappa shape index (κ3) is 5.35. The van der Waals surface area contributed by atoms with E-state index in [1.807, 2.05) is 30.3 Å². The number of hydrogen-bond acceptors (Lipinski definition) is 5. The largest absolute Gasteiger partial charge is 0.368 e. The molecule has 1 saturated heterocycles. The average molecular weight is 431 g/mol. The van der Waals surface area contributed by atoms with Crippen LogP contribution in [0.5, 0.6) is 0 Å². The number of nitrogens with one attached hydrogen (secondary N) is 2. The standard InChI is InChI=1S/C25H30N6O/c1-25(2,3)19-9-11-20(12-10-19)28-24(32)29-21-17-26-23(27-18-21)31-15-13-30(14-16-31)22-7-5-4-6-8-22/h4-12,17-18H,13-16H2,1-3H3,(H2,28,29,32). The first-order valence-corrected chi connectivity index (χ1v) is 10.9. The van der Waals surface area contributed by atoms with Gasteiger partial charge in [-0.15, -0.1) is 0 Å². The number of carbonyl (C=O) groups excluding carboxylic acids is 1. The van der Waals surface area contributed by atoms with Crippen LogP contribution in [0, 0.1) is 0 Å². The minimum absolute atomic E-state index is 0.0774. The molecule has 2 heterocycles. The maximum atomic E-state index is 12.3. The Morgan fingerprint density at radius 2 is 1.34 bits per heavy atom. The molecule has 1 aliphatic rings. The van der Waals surface area contributed by atoms with Crippen LogP contribution in [-0.4, -0.2) is 42.2 Å². The highest BCUT2D eigenvalue weighted by Crippen LogP contribution is 2.23. The fraction of sp³-hybridized carbons (Fsp3) is 0.320. The lowest BCUT2D eigenvalue weighted by Crippen LogP contribution is -2.47. The zero-order valence-corrected chi connectivity index (χ0v) is 18.9. The van der Waals surface area contributed by atoms with Crippen molar-refractivity contribution in [3.8, 4) is 0 Å². The number of carbonyl (C=O) groups is 1. The number of hydrogen-bond donors (Lipinski definition) is 2. The van der Waals surface area contributed by atoms with Crippen LogP contribution in [0.1, 0.15) is 26.3 Å². The van der Waals surface area contributed by atoms with Crippen molar-refractivity contribution in [3.63, 3.8) is 0 Å². The zero-order valence-electron chi connectivity index (χ0n) is 18.9. The Bertz CT molecular complexity index is 1020. The Hall–Kier alpha value is -3.61. The molecule has 0 unspecified atom stereocenters. The summed E-state index contributed by atoms with van der Waals surface area (Å²) < 4.78 is 0. The third-order valence-electron chi connectivity index (χ3n) is 5.59. The van der Waals surface area contributed by atoms with Crippen LogP contribution in [0.2, 0.25) is 0 Å². The summed E-state index contributed by atoms with van der Waals surface area (Å²) in [5.41, 5.74) is 3.84. The summed E-state index contributed by atoms with van der Waals surface area (Å²) in [4.78, 5) is 25.8. The Morgan fingerprint density at radius 3 is 1.94 bits per heavy atom. The van der Waals surface area contributed by atoms with Crippen molar-refractivity contribution in [1.82, 2.24) is 9.97 Å². The van der Waals surface area contributed by atoms with Gasteiger partial charge in [-0.3, -0.25) is 0 Å². The molecular weight excluding hydrogens is 400 g/mol. The number of anilines is 4. The zero-order chi connectivity index (χ0) is 22.6. The number of para-hydroxylation sites is 1. The minimum atomic E-state index is -0.318. The molecule has 0 saturated carbocycles. The van der Waals surface area contributed by atoms with E-state index in [4.69, 9.17) is 0 Å². The smallest absolute Gasteiger partial charge is 0.323 e. The van der Waals surface area contributed by atoms with E-state index in [0.29, 0.717) is 11.6 Å². The van der Waals surface area contributed by atoms with Crippen LogP contribution in [0.15, 0.2) is 67.0 Å². The maximum absolute atomic E-state index is 12.3. The number of rotatable bonds is 4. The highest BCUT2D eigenvalue weighted by molar-refractivity contribution is 5.99. The van der Waals surface area contributed by atoms with Crippen LogP contribution >= 0.6 is 0 Å². The number of urea groups is 1. The Balaban J connectivity index is 1.29. The van der Waals surface area contributed by atoms with Crippen molar-refractivity contribution in [2.75, 3.05) is 46.6 Å². The van der Waals surface area contributed by atoms with E-state index in [1.54, 1.807) is 12.4 Å². The lowest BCUT2D eigenvalue weighted by atomic mass is 9.87. The fourth-order valence-electron chi connectivity index (χ4n) is 3.70. The molecule has 2 aromatic carbocycles. The second kappa shape index (κ2) is 9.26. The third-order valence-corrected chi connectivity index (χ3v) is 5.59. The van der Waals surface area contributed by atoms with Gasteiger partial charge in [0, 0.05) is 37.6 Å². The minimum Gasteiger partial charge on any atom is -0.368 e. The van der Waals surface area contributed by atoms with Crippen molar-refractivity contribution in [2.45, 2.75) is 26.2 Å². The molecule has 1 aromatic heterocycles. The molecule has 2 amide bonds. The summed E-state index contributed by atoms with van der Waals surface area (Å²) in [7, 11) is 0. The van der Waals surface area contributed by atoms with Gasteiger partial charge >= 0.3 is 6.03 Å². The number of nitrogens with zero attached hydrogens (tertiary/aromatic N) is 4. The molecule has 0 aliphatic carbocycles. The second-order valence-electron chi connectivity index (χ2n) is 8.99. The highest BCUT2D eigenvalue weighted by Gasteiger charge is 2.19. The molecule has 0 radical (unpaired) electrons. The lowest BCUT2D eigenvalue weighted by molar-refractivity contribution is 0.262. The summed E-state index contributed by atoms with van der Waals surface area (Å²) in [6.45, 7) is 10.0. The maximum Gasteiger partial charge on any atom is 0.323 e. The Kier molecular flexibility index (Phi) is 6.25. The number of piperazine rings is 1. The number of amides is 2. The van der Waals surface area contributed by atoms with Crippen molar-refractivity contribution in [1.29, 1.82) is 0 Å². The summed E-state index contributed by atoms with van der Waals surface area (Å²) in [5, 5.41) is 5.64. The van der Waals surface area contributed by atoms with Crippen LogP contribution in [0.25, 0.3) is 0 Å². The summed E-state index contributed by atoms with van der Waals surface area (Å²) >= 11 is 0. The molecule has 1 fully saturated rings. The molecular formula is C25H30N6O. The van der Waals surface area contributed by atoms with E-state index in [9.17, 15) is 4.79 Å². The predicted octanol–water partition coefficient (Wildman–Crippen LogP) is 4.74. The summed E-state index contributed by atoms with van der Waals surface area (Å²) in [6, 6.07) is 18.0. The van der Waals surface area contributed by atoms with E-state index in [1.165, 1.54) is 11.3 Å². The van der Waals surface area contributed by atoms with E-state index in [-0.39, 0.29) is 11.4 Å². The van der Waals surface area contributed by atoms with Gasteiger partial charge in [-0.2, -0.15) is 0 Å². The summed E-state index contributed by atoms with van der Waals surface area (Å²) in [5.74, 6) is 0.682. The normalized spacial score (nSPS) is 14.2. The second-order valence-corrected chi connectivity index (χ2v) is 8.99. The van der Waals surface area contributed by atoms with E-state index >= 15 is 0 Å². The molecule has 3 aromatic rings. The first-order valence-electron chi connectivity index (χ1n) is 10.9. The lowest BCUT2D eigenvalue weighted by Gasteiger charge is -2.36. The van der Waals surface area contributed by atoms with Crippen molar-refractivity contribution in [3.05, 3.63) is 72.6 Å². The molecule has 7 heteroatoms. The topological polar surface area (TPSA) is 73.4 Å². The van der Waals surface area contributed by atoms with Crippen LogP contribution in [0.4, 0.5) is 27.8 Å². The van der Waals surface area contributed by atoms with Gasteiger partial charge in [0.05, 0.1) is 18.1 Å². The van der Waals surface area contributed by atoms with E-state index in [0.717, 1.165) is 31.9 Å². The van der Waals surface area contributed by atoms with Gasteiger partial charge in [0.1, 0.15) is 0 Å². The van der Waals surface area contributed by atoms with Crippen LogP contribution in [-0.2, 0) is 5.41 Å². The van der Waals surface area contributed by atoms with Gasteiger partial charge in [-0.1, -0.05) is 51.1 Å². The predicted molar refractivity (Wildman–Crippen MR) is 131 cm³/mol. The molecule has 7 nitrogen and oxygen atoms in total. The van der Waals surface area contributed by atoms with Gasteiger partial charge in [-0.25, -0.2) is 14.8 Å². The number of benzene rings is 2. The van der Waals surface area contributed by atoms with Crippen molar-refractivity contribution < 1.29 is 4.79 Å². The van der Waals surface area contributed by atoms with Gasteiger partial charge in [0.15, 0.2) is 0 Å². The fourth-order valence-corrected chi connectivity index (χ4v) is 3.70. The molecule has 32 heavy (non-hydrogen) atoms. The molecule has 1 aliphatic heterocycles. The molecule has 166 valence electrons. The quantitative estimate of drug-likeness (QED) is 0.625. The average Bonchev–Trinajstić information content (AvgIpc) is 2.80. The van der Waals surface area contributed by atoms with Gasteiger partial charge in [-0.05, 0) is 35.2 Å². The van der Waals surface area contributed by atoms with E-state index < -0.39 is 0 Å². The van der Waals surface area contributed by atoms with Gasteiger partial charge < -0.3 is 20.4 Å². The molecule has 0 atom stereocenters. The molecule has 4 rings (SSSR count). The Labute approximate surface area is 189 Å². The van der Waals surface area contributed by atoms with Crippen LogP contribution in [0.3, 0.4) is 0 Å². The van der Waals surface area contributed by atoms with E-state index in [2.05, 4.69) is 75.4 Å². The molecule has 0 bridgehead atoms. The number of aromatic nitrogens is 2. The van der Waals surface area contributed by atoms with Crippen molar-refractivity contribution >= 4 is 29.0 Å². The SMILES string of the molecule is CC(C)(C)c1ccc(NC(=O)Nc2cnc(N3CCN(c4ccccc4)CC3)nc2)cc1. The molecule has 2 N–H and O–H groups in total. The van der Waals surface area contributed by atoms with Crippen LogP contribution < -0.4 is 20.4 Å². The first-order chi connectivity index (χ1) is 15.4. The summed E-state index contributed by atoms with van der Waals surface area (Å²) in [6.07, 6.45) is 3.29. The molecule has 0 spiro atoms. The van der Waals surface area contributed by atoms with Crippen molar-refractivity contribution in [2.24, 2.45) is 0 Å². The van der Waals surface area contributed by atoms with Gasteiger partial charge in [0.25, 0.3) is 0 Å². The van der Waals surface area contributed by atoms with Gasteiger partial charge in [0.2, 0.25) is 5.95 Å². The first kappa shape index (κ1) is 21.6. The monoisotopic (exact) mass is 430 g/mol.